The molecule has 1 aliphatic heterocycles. The Balaban J connectivity index is 2.23. The van der Waals surface area contributed by atoms with Crippen molar-refractivity contribution in [2.45, 2.75) is 6.42 Å². The van der Waals surface area contributed by atoms with Crippen LogP contribution in [0.3, 0.4) is 0 Å². The number of hydrogen-bond acceptors (Lipinski definition) is 2. The Hall–Kier alpha value is -1.18. The van der Waals surface area contributed by atoms with E-state index in [2.05, 4.69) is 18.7 Å². The molecule has 0 aromatic carbocycles. The van der Waals surface area contributed by atoms with Crippen molar-refractivity contribution in [3.05, 3.63) is 36.3 Å². The van der Waals surface area contributed by atoms with Gasteiger partial charge in [0.25, 0.3) is 0 Å². The minimum absolute atomic E-state index is 0.363. The zero-order valence-electron chi connectivity index (χ0n) is 6.25. The van der Waals surface area contributed by atoms with Crippen molar-refractivity contribution >= 4 is 0 Å². The van der Waals surface area contributed by atoms with Crippen molar-refractivity contribution in [2.75, 3.05) is 6.79 Å². The molecule has 0 saturated carbocycles. The Bertz CT molecular complexity index is 238. The zero-order chi connectivity index (χ0) is 7.68. The third-order valence-corrected chi connectivity index (χ3v) is 1.92. The molecule has 0 radical (unpaired) electrons. The van der Waals surface area contributed by atoms with Crippen molar-refractivity contribution in [2.24, 2.45) is 5.92 Å². The molecule has 1 atom stereocenters. The lowest BCUT2D eigenvalue weighted by Gasteiger charge is -2.10. The van der Waals surface area contributed by atoms with Gasteiger partial charge in [-0.25, -0.2) is 0 Å². The van der Waals surface area contributed by atoms with E-state index in [1.54, 1.807) is 0 Å². The summed E-state index contributed by atoms with van der Waals surface area (Å²) in [6, 6.07) is 0. The van der Waals surface area contributed by atoms with Crippen LogP contribution in [0.4, 0.5) is 0 Å². The average molecular weight is 150 g/mol. The van der Waals surface area contributed by atoms with Gasteiger partial charge >= 0.3 is 0 Å². The van der Waals surface area contributed by atoms with E-state index in [-0.39, 0.29) is 0 Å². The molecule has 0 aromatic heterocycles. The molecule has 1 fully saturated rings. The summed E-state index contributed by atoms with van der Waals surface area (Å²) in [5.74, 6) is 2.18. The average Bonchev–Trinajstić information content (AvgIpc) is 2.50. The van der Waals surface area contributed by atoms with E-state index in [9.17, 15) is 0 Å². The Morgan fingerprint density at radius 2 is 2.27 bits per heavy atom. The highest BCUT2D eigenvalue weighted by atomic mass is 16.7. The number of fused-ring (bicyclic) bond motifs is 1. The lowest BCUT2D eigenvalue weighted by Crippen LogP contribution is -1.99. The van der Waals surface area contributed by atoms with Crippen LogP contribution < -0.4 is 0 Å². The van der Waals surface area contributed by atoms with E-state index in [0.717, 1.165) is 17.9 Å². The van der Waals surface area contributed by atoms with Gasteiger partial charge in [-0.15, -0.1) is 6.58 Å². The number of hydrogen-bond donors (Lipinski definition) is 0. The molecule has 2 aliphatic rings. The van der Waals surface area contributed by atoms with Crippen molar-refractivity contribution in [3.63, 3.8) is 0 Å². The summed E-state index contributed by atoms with van der Waals surface area (Å²) in [5, 5.41) is 0. The first-order valence-electron chi connectivity index (χ1n) is 3.70. The van der Waals surface area contributed by atoms with E-state index in [4.69, 9.17) is 9.47 Å². The highest BCUT2D eigenvalue weighted by molar-refractivity contribution is 5.28. The Kier molecular flexibility index (Phi) is 1.46. The first-order chi connectivity index (χ1) is 5.40. The molecular formula is C9H10O2. The molecule has 0 spiro atoms. The second-order valence-electron chi connectivity index (χ2n) is 2.64. The summed E-state index contributed by atoms with van der Waals surface area (Å²) in [4.78, 5) is 0. The quantitative estimate of drug-likeness (QED) is 0.532. The van der Waals surface area contributed by atoms with E-state index in [1.807, 2.05) is 6.08 Å². The maximum absolute atomic E-state index is 5.21. The molecule has 0 bridgehead atoms. The molecule has 1 saturated heterocycles. The molecule has 11 heavy (non-hydrogen) atoms. The third-order valence-electron chi connectivity index (χ3n) is 1.92. The van der Waals surface area contributed by atoms with Gasteiger partial charge in [0.15, 0.2) is 11.5 Å². The fraction of sp³-hybridized carbons (Fsp3) is 0.333. The number of allylic oxidation sites excluding steroid dienone is 3. The molecule has 2 heteroatoms. The van der Waals surface area contributed by atoms with Gasteiger partial charge in [0.05, 0.1) is 0 Å². The van der Waals surface area contributed by atoms with Gasteiger partial charge in [-0.2, -0.15) is 0 Å². The largest absolute Gasteiger partial charge is 0.454 e. The Morgan fingerprint density at radius 3 is 3.09 bits per heavy atom. The maximum Gasteiger partial charge on any atom is 0.231 e. The summed E-state index contributed by atoms with van der Waals surface area (Å²) < 4.78 is 10.4. The van der Waals surface area contributed by atoms with Gasteiger partial charge in [-0.1, -0.05) is 6.08 Å². The van der Waals surface area contributed by atoms with Crippen molar-refractivity contribution in [3.8, 4) is 0 Å². The first-order valence-corrected chi connectivity index (χ1v) is 3.70. The van der Waals surface area contributed by atoms with E-state index >= 15 is 0 Å². The molecule has 58 valence electrons. The summed E-state index contributed by atoms with van der Waals surface area (Å²) in [6.07, 6.45) is 7.00. The summed E-state index contributed by atoms with van der Waals surface area (Å²) >= 11 is 0. The van der Waals surface area contributed by atoms with E-state index in [0.29, 0.717) is 12.7 Å². The van der Waals surface area contributed by atoms with Gasteiger partial charge in [0, 0.05) is 5.92 Å². The molecule has 0 amide bonds. The van der Waals surface area contributed by atoms with E-state index in [1.165, 1.54) is 0 Å². The third kappa shape index (κ3) is 1.04. The second-order valence-corrected chi connectivity index (χ2v) is 2.64. The van der Waals surface area contributed by atoms with Crippen LogP contribution in [0.2, 0.25) is 0 Å². The maximum atomic E-state index is 5.21. The minimum atomic E-state index is 0.363. The van der Waals surface area contributed by atoms with Crippen molar-refractivity contribution in [1.29, 1.82) is 0 Å². The smallest absolute Gasteiger partial charge is 0.231 e. The lowest BCUT2D eigenvalue weighted by molar-refractivity contribution is 0.0977. The molecule has 1 aliphatic carbocycles. The molecule has 2 rings (SSSR count). The molecule has 2 nitrogen and oxygen atoms in total. The van der Waals surface area contributed by atoms with Crippen LogP contribution in [0.1, 0.15) is 6.42 Å². The van der Waals surface area contributed by atoms with Gasteiger partial charge in [0.1, 0.15) is 0 Å². The summed E-state index contributed by atoms with van der Waals surface area (Å²) in [7, 11) is 0. The van der Waals surface area contributed by atoms with E-state index < -0.39 is 0 Å². The standard InChI is InChI=1S/C9H10O2/c1-2-7-3-4-8-9(5-7)11-6-10-8/h2,4-5,7H,1,3,6H2. The second kappa shape index (κ2) is 2.46. The first kappa shape index (κ1) is 6.53. The fourth-order valence-corrected chi connectivity index (χ4v) is 1.26. The Morgan fingerprint density at radius 1 is 1.45 bits per heavy atom. The summed E-state index contributed by atoms with van der Waals surface area (Å²) in [5.41, 5.74) is 0. The normalized spacial score (nSPS) is 27.5. The predicted octanol–water partition coefficient (Wildman–Crippen LogP) is 1.96. The zero-order valence-corrected chi connectivity index (χ0v) is 6.25. The molecular weight excluding hydrogens is 140 g/mol. The molecule has 1 unspecified atom stereocenters. The van der Waals surface area contributed by atoms with Crippen LogP contribution >= 0.6 is 0 Å². The lowest BCUT2D eigenvalue weighted by atomic mass is 9.99. The Labute approximate surface area is 65.8 Å². The number of ether oxygens (including phenoxy) is 2. The SMILES string of the molecule is C=CC1C=C2OCOC2=CC1. The van der Waals surface area contributed by atoms with Crippen LogP contribution in [0, 0.1) is 5.92 Å². The highest BCUT2D eigenvalue weighted by Crippen LogP contribution is 2.29. The highest BCUT2D eigenvalue weighted by Gasteiger charge is 2.21. The summed E-state index contributed by atoms with van der Waals surface area (Å²) in [6.45, 7) is 4.09. The predicted molar refractivity (Wildman–Crippen MR) is 41.5 cm³/mol. The van der Waals surface area contributed by atoms with Crippen LogP contribution in [-0.2, 0) is 9.47 Å². The monoisotopic (exact) mass is 150 g/mol. The fourth-order valence-electron chi connectivity index (χ4n) is 1.26. The van der Waals surface area contributed by atoms with Crippen molar-refractivity contribution in [1.82, 2.24) is 0 Å². The number of rotatable bonds is 1. The van der Waals surface area contributed by atoms with Gasteiger partial charge in [-0.05, 0) is 18.6 Å². The van der Waals surface area contributed by atoms with Gasteiger partial charge < -0.3 is 9.47 Å². The topological polar surface area (TPSA) is 18.5 Å². The van der Waals surface area contributed by atoms with Gasteiger partial charge in [0.2, 0.25) is 6.79 Å². The van der Waals surface area contributed by atoms with Crippen LogP contribution in [0.5, 0.6) is 0 Å². The van der Waals surface area contributed by atoms with Crippen LogP contribution in [0.25, 0.3) is 0 Å². The van der Waals surface area contributed by atoms with Crippen molar-refractivity contribution < 1.29 is 9.47 Å². The van der Waals surface area contributed by atoms with Gasteiger partial charge in [-0.3, -0.25) is 0 Å². The molecule has 1 heterocycles. The minimum Gasteiger partial charge on any atom is -0.454 e. The van der Waals surface area contributed by atoms with Crippen LogP contribution in [0.15, 0.2) is 36.3 Å². The molecule has 0 aromatic rings. The molecule has 0 N–H and O–H groups in total. The van der Waals surface area contributed by atoms with Crippen LogP contribution in [-0.4, -0.2) is 6.79 Å².